The summed E-state index contributed by atoms with van der Waals surface area (Å²) in [7, 11) is 0. The lowest BCUT2D eigenvalue weighted by atomic mass is 9.92. The van der Waals surface area contributed by atoms with Crippen LogP contribution in [0.2, 0.25) is 0 Å². The van der Waals surface area contributed by atoms with Gasteiger partial charge in [-0.25, -0.2) is 0 Å². The fraction of sp³-hybridized carbons (Fsp3) is 0.765. The van der Waals surface area contributed by atoms with Crippen LogP contribution in [-0.2, 0) is 28.7 Å². The molecule has 0 N–H and O–H groups in total. The fourth-order valence-corrected chi connectivity index (χ4v) is 1.64. The summed E-state index contributed by atoms with van der Waals surface area (Å²) in [5.74, 6) is -2.23. The van der Waals surface area contributed by atoms with E-state index in [1.165, 1.54) is 6.92 Å². The normalized spacial score (nSPS) is 23.3. The predicted octanol–water partition coefficient (Wildman–Crippen LogP) is 2.53. The molecule has 0 aromatic rings. The molecule has 0 bridgehead atoms. The molecule has 1 saturated heterocycles. The summed E-state index contributed by atoms with van der Waals surface area (Å²) < 4.78 is 9.49. The molecule has 1 rings (SSSR count). The number of hydrogen-bond donors (Lipinski definition) is 0. The summed E-state index contributed by atoms with van der Waals surface area (Å²) in [6.07, 6.45) is 0. The van der Waals surface area contributed by atoms with Crippen LogP contribution in [0.1, 0.15) is 55.4 Å². The van der Waals surface area contributed by atoms with Crippen LogP contribution in [0.4, 0.5) is 0 Å². The van der Waals surface area contributed by atoms with Crippen molar-refractivity contribution in [1.82, 2.24) is 0 Å². The van der Waals surface area contributed by atoms with Gasteiger partial charge in [-0.3, -0.25) is 19.2 Å². The molecule has 0 aromatic heterocycles. The van der Waals surface area contributed by atoms with Crippen molar-refractivity contribution >= 4 is 23.7 Å². The third kappa shape index (κ3) is 6.93. The van der Waals surface area contributed by atoms with Crippen molar-refractivity contribution in [2.75, 3.05) is 0 Å². The minimum atomic E-state index is -0.484. The Bertz CT molecular complexity index is 456. The van der Waals surface area contributed by atoms with Crippen molar-refractivity contribution in [1.29, 1.82) is 0 Å². The zero-order valence-electron chi connectivity index (χ0n) is 15.3. The smallest absolute Gasteiger partial charge is 0.317 e. The molecule has 0 spiro atoms. The molecule has 6 heteroatoms. The Balaban J connectivity index is 0.000000459. The summed E-state index contributed by atoms with van der Waals surface area (Å²) in [6, 6.07) is 0. The topological polar surface area (TPSA) is 86.7 Å². The third-order valence-electron chi connectivity index (χ3n) is 3.86. The maximum Gasteiger partial charge on any atom is 0.317 e. The first-order valence-corrected chi connectivity index (χ1v) is 7.76. The maximum absolute atomic E-state index is 11.5. The molecule has 4 atom stereocenters. The van der Waals surface area contributed by atoms with E-state index in [1.807, 2.05) is 20.8 Å². The van der Waals surface area contributed by atoms with Gasteiger partial charge in [-0.15, -0.1) is 0 Å². The van der Waals surface area contributed by atoms with E-state index in [9.17, 15) is 19.2 Å². The van der Waals surface area contributed by atoms with E-state index in [-0.39, 0.29) is 35.4 Å². The molecule has 132 valence electrons. The van der Waals surface area contributed by atoms with Gasteiger partial charge in [0.25, 0.3) is 0 Å². The summed E-state index contributed by atoms with van der Waals surface area (Å²) >= 11 is 0. The number of Topliss-reactive ketones (excluding diaryl/α,β-unsaturated/α-hetero) is 1. The zero-order chi connectivity index (χ0) is 18.5. The Hall–Kier alpha value is -1.72. The van der Waals surface area contributed by atoms with E-state index in [0.717, 1.165) is 0 Å². The van der Waals surface area contributed by atoms with Crippen molar-refractivity contribution in [3.8, 4) is 0 Å². The van der Waals surface area contributed by atoms with Gasteiger partial charge in [-0.1, -0.05) is 27.7 Å². The highest BCUT2D eigenvalue weighted by Gasteiger charge is 2.37. The van der Waals surface area contributed by atoms with Crippen molar-refractivity contribution in [3.63, 3.8) is 0 Å². The molecule has 0 saturated carbocycles. The van der Waals surface area contributed by atoms with Crippen LogP contribution in [0, 0.1) is 23.7 Å². The van der Waals surface area contributed by atoms with Crippen LogP contribution in [0.25, 0.3) is 0 Å². The lowest BCUT2D eigenvalue weighted by Gasteiger charge is -2.24. The lowest BCUT2D eigenvalue weighted by Crippen LogP contribution is -2.32. The first-order chi connectivity index (χ1) is 10.3. The molecule has 23 heavy (non-hydrogen) atoms. The van der Waals surface area contributed by atoms with Gasteiger partial charge >= 0.3 is 17.9 Å². The van der Waals surface area contributed by atoms with Crippen LogP contribution < -0.4 is 0 Å². The summed E-state index contributed by atoms with van der Waals surface area (Å²) in [6.45, 7) is 13.8. The summed E-state index contributed by atoms with van der Waals surface area (Å²) in [4.78, 5) is 43.7. The molecule has 0 aliphatic carbocycles. The Labute approximate surface area is 137 Å². The van der Waals surface area contributed by atoms with E-state index < -0.39 is 17.5 Å². The second-order valence-corrected chi connectivity index (χ2v) is 7.04. The molecule has 1 aliphatic heterocycles. The van der Waals surface area contributed by atoms with E-state index >= 15 is 0 Å². The lowest BCUT2D eigenvalue weighted by molar-refractivity contribution is -0.162. The molecule has 1 aliphatic rings. The highest BCUT2D eigenvalue weighted by atomic mass is 16.6. The number of ether oxygens (including phenoxy) is 2. The number of ketones is 1. The quantitative estimate of drug-likeness (QED) is 0.584. The van der Waals surface area contributed by atoms with Gasteiger partial charge < -0.3 is 9.47 Å². The van der Waals surface area contributed by atoms with Crippen LogP contribution in [0.3, 0.4) is 0 Å². The van der Waals surface area contributed by atoms with E-state index in [2.05, 4.69) is 4.74 Å². The van der Waals surface area contributed by atoms with Gasteiger partial charge in [0.2, 0.25) is 0 Å². The maximum atomic E-state index is 11.5. The molecule has 0 radical (unpaired) electrons. The molecule has 0 amide bonds. The molecular weight excluding hydrogens is 300 g/mol. The van der Waals surface area contributed by atoms with Crippen molar-refractivity contribution in [2.45, 2.75) is 61.0 Å². The van der Waals surface area contributed by atoms with Crippen LogP contribution in [0.15, 0.2) is 0 Å². The van der Waals surface area contributed by atoms with Crippen molar-refractivity contribution in [2.24, 2.45) is 23.7 Å². The first-order valence-electron chi connectivity index (χ1n) is 7.76. The van der Waals surface area contributed by atoms with Crippen molar-refractivity contribution < 1.29 is 28.7 Å². The fourth-order valence-electron chi connectivity index (χ4n) is 1.64. The third-order valence-corrected chi connectivity index (χ3v) is 3.86. The molecule has 4 unspecified atom stereocenters. The minimum Gasteiger partial charge on any atom is -0.460 e. The predicted molar refractivity (Wildman–Crippen MR) is 84.3 cm³/mol. The Morgan fingerprint density at radius 2 is 1.39 bits per heavy atom. The second-order valence-electron chi connectivity index (χ2n) is 7.04. The number of esters is 3. The second kappa shape index (κ2) is 8.22. The first kappa shape index (κ1) is 21.3. The molecule has 0 aromatic carbocycles. The van der Waals surface area contributed by atoms with Crippen LogP contribution in [0.5, 0.6) is 0 Å². The number of rotatable bonds is 3. The number of cyclic esters (lactones) is 2. The average molecular weight is 328 g/mol. The SMILES string of the molecule is CC(=O)C(C)C(C)C(=O)OC(C)(C)C.CC1C(=O)OC(=O)C1C. The Kier molecular flexibility index (Phi) is 7.61. The van der Waals surface area contributed by atoms with E-state index in [4.69, 9.17) is 4.74 Å². The molecule has 1 fully saturated rings. The van der Waals surface area contributed by atoms with E-state index in [1.54, 1.807) is 27.7 Å². The highest BCUT2D eigenvalue weighted by molar-refractivity contribution is 5.95. The van der Waals surface area contributed by atoms with E-state index in [0.29, 0.717) is 0 Å². The molecule has 1 heterocycles. The van der Waals surface area contributed by atoms with Crippen molar-refractivity contribution in [3.05, 3.63) is 0 Å². The summed E-state index contributed by atoms with van der Waals surface area (Å²) in [5, 5.41) is 0. The zero-order valence-corrected chi connectivity index (χ0v) is 15.3. The van der Waals surface area contributed by atoms with Crippen LogP contribution in [-0.4, -0.2) is 29.3 Å². The Morgan fingerprint density at radius 3 is 1.61 bits per heavy atom. The van der Waals surface area contributed by atoms with Gasteiger partial charge in [0.05, 0.1) is 17.8 Å². The Morgan fingerprint density at radius 1 is 1.00 bits per heavy atom. The minimum absolute atomic E-state index is 0.0170. The van der Waals surface area contributed by atoms with Gasteiger partial charge in [0, 0.05) is 5.92 Å². The van der Waals surface area contributed by atoms with Gasteiger partial charge in [0.15, 0.2) is 0 Å². The molecular formula is C17H28O6. The summed E-state index contributed by atoms with van der Waals surface area (Å²) in [5.41, 5.74) is -0.484. The average Bonchev–Trinajstić information content (AvgIpc) is 2.62. The largest absolute Gasteiger partial charge is 0.460 e. The van der Waals surface area contributed by atoms with Gasteiger partial charge in [-0.2, -0.15) is 0 Å². The standard InChI is InChI=1S/C11H20O3.C6H8O3/c1-7(9(3)12)8(2)10(13)14-11(4,5)6;1-3-4(2)6(8)9-5(3)7/h7-8H,1-6H3;3-4H,1-2H3. The van der Waals surface area contributed by atoms with Gasteiger partial charge in [-0.05, 0) is 27.7 Å². The van der Waals surface area contributed by atoms with Crippen LogP contribution >= 0.6 is 0 Å². The van der Waals surface area contributed by atoms with Gasteiger partial charge in [0.1, 0.15) is 11.4 Å². The monoisotopic (exact) mass is 328 g/mol. The number of carbonyl (C=O) groups is 4. The number of carbonyl (C=O) groups excluding carboxylic acids is 4. The highest BCUT2D eigenvalue weighted by Crippen LogP contribution is 2.21. The number of hydrogen-bond acceptors (Lipinski definition) is 6. The molecule has 6 nitrogen and oxygen atoms in total.